The van der Waals surface area contributed by atoms with Gasteiger partial charge < -0.3 is 15.5 Å². The number of carbonyl (C=O) groups excluding carboxylic acids is 1. The fourth-order valence-electron chi connectivity index (χ4n) is 1.24. The van der Waals surface area contributed by atoms with Gasteiger partial charge in [-0.15, -0.1) is 0 Å². The molecule has 0 spiro atoms. The molecule has 0 aromatic carbocycles. The van der Waals surface area contributed by atoms with Crippen molar-refractivity contribution in [3.05, 3.63) is 36.2 Å². The number of pyridine rings is 1. The predicted octanol–water partition coefficient (Wildman–Crippen LogP) is 0.0450. The summed E-state index contributed by atoms with van der Waals surface area (Å²) in [6.45, 7) is 1.30. The van der Waals surface area contributed by atoms with Crippen LogP contribution in [0.4, 0.5) is 0 Å². The second-order valence-corrected chi connectivity index (χ2v) is 3.68. The van der Waals surface area contributed by atoms with E-state index in [-0.39, 0.29) is 0 Å². The average Bonchev–Trinajstić information content (AvgIpc) is 2.34. The van der Waals surface area contributed by atoms with E-state index < -0.39 is 24.0 Å². The average molecular weight is 250 g/mol. The fourth-order valence-corrected chi connectivity index (χ4v) is 1.24. The molecule has 0 fully saturated rings. The van der Waals surface area contributed by atoms with Gasteiger partial charge in [-0.25, -0.2) is 4.79 Å². The lowest BCUT2D eigenvalue weighted by Crippen LogP contribution is -2.47. The van der Waals surface area contributed by atoms with Crippen LogP contribution in [0.15, 0.2) is 30.6 Å². The number of carboxylic acids is 1. The summed E-state index contributed by atoms with van der Waals surface area (Å²) in [4.78, 5) is 26.0. The highest BCUT2D eigenvalue weighted by atomic mass is 16.4. The van der Waals surface area contributed by atoms with Gasteiger partial charge in [0.1, 0.15) is 0 Å². The molecule has 1 aromatic rings. The van der Waals surface area contributed by atoms with E-state index in [2.05, 4.69) is 10.3 Å². The number of rotatable bonds is 5. The lowest BCUT2D eigenvalue weighted by atomic mass is 10.2. The van der Waals surface area contributed by atoms with Crippen molar-refractivity contribution in [1.82, 2.24) is 10.3 Å². The smallest absolute Gasteiger partial charge is 0.328 e. The molecule has 3 N–H and O–H groups in total. The minimum atomic E-state index is -1.32. The van der Waals surface area contributed by atoms with Gasteiger partial charge in [0.05, 0.1) is 6.10 Å². The first-order chi connectivity index (χ1) is 8.50. The number of amides is 1. The Hall–Kier alpha value is -2.21. The van der Waals surface area contributed by atoms with Gasteiger partial charge in [-0.1, -0.05) is 6.07 Å². The molecule has 1 rings (SSSR count). The lowest BCUT2D eigenvalue weighted by molar-refractivity contribution is -0.144. The summed E-state index contributed by atoms with van der Waals surface area (Å²) in [5.74, 6) is -1.87. The predicted molar refractivity (Wildman–Crippen MR) is 64.5 cm³/mol. The van der Waals surface area contributed by atoms with Gasteiger partial charge in [0.25, 0.3) is 0 Å². The molecule has 1 amide bonds. The third kappa shape index (κ3) is 4.34. The van der Waals surface area contributed by atoms with Gasteiger partial charge in [0.15, 0.2) is 6.04 Å². The summed E-state index contributed by atoms with van der Waals surface area (Å²) in [5, 5.41) is 20.1. The van der Waals surface area contributed by atoms with Crippen LogP contribution in [0.3, 0.4) is 0 Å². The molecule has 0 bridgehead atoms. The van der Waals surface area contributed by atoms with Crippen molar-refractivity contribution in [2.45, 2.75) is 19.1 Å². The standard InChI is InChI=1S/C12H14N2O4/c1-8(15)11(12(17)18)14-10(16)5-4-9-3-2-6-13-7-9/h2-8,11,15H,1H3,(H,14,16)(H,17,18)/b5-4+. The van der Waals surface area contributed by atoms with Crippen molar-refractivity contribution in [2.24, 2.45) is 0 Å². The van der Waals surface area contributed by atoms with Crippen LogP contribution in [-0.4, -0.2) is 39.2 Å². The number of hydrogen-bond acceptors (Lipinski definition) is 4. The van der Waals surface area contributed by atoms with Gasteiger partial charge >= 0.3 is 5.97 Å². The number of nitrogens with one attached hydrogen (secondary N) is 1. The van der Waals surface area contributed by atoms with Gasteiger partial charge in [-0.3, -0.25) is 9.78 Å². The van der Waals surface area contributed by atoms with E-state index in [0.717, 1.165) is 5.56 Å². The second kappa shape index (κ2) is 6.51. The van der Waals surface area contributed by atoms with Gasteiger partial charge in [-0.2, -0.15) is 0 Å². The van der Waals surface area contributed by atoms with Crippen molar-refractivity contribution in [1.29, 1.82) is 0 Å². The molecule has 2 unspecified atom stereocenters. The zero-order valence-electron chi connectivity index (χ0n) is 9.78. The maximum atomic E-state index is 11.4. The number of aliphatic hydroxyl groups excluding tert-OH is 1. The van der Waals surface area contributed by atoms with E-state index >= 15 is 0 Å². The van der Waals surface area contributed by atoms with Crippen LogP contribution < -0.4 is 5.32 Å². The molecule has 6 nitrogen and oxygen atoms in total. The van der Waals surface area contributed by atoms with Crippen LogP contribution in [0.2, 0.25) is 0 Å². The first-order valence-electron chi connectivity index (χ1n) is 5.30. The number of carboxylic acid groups (broad SMARTS) is 1. The summed E-state index contributed by atoms with van der Waals surface area (Å²) < 4.78 is 0. The molecule has 96 valence electrons. The molecule has 6 heteroatoms. The molecule has 0 aliphatic rings. The molecule has 2 atom stereocenters. The molecule has 1 aromatic heterocycles. The number of aliphatic hydroxyl groups is 1. The lowest BCUT2D eigenvalue weighted by Gasteiger charge is -2.15. The third-order valence-electron chi connectivity index (χ3n) is 2.16. The highest BCUT2D eigenvalue weighted by molar-refractivity contribution is 5.94. The van der Waals surface area contributed by atoms with Crippen molar-refractivity contribution >= 4 is 18.0 Å². The van der Waals surface area contributed by atoms with E-state index in [1.807, 2.05) is 0 Å². The van der Waals surface area contributed by atoms with E-state index in [1.165, 1.54) is 19.1 Å². The minimum absolute atomic E-state index is 0.591. The maximum Gasteiger partial charge on any atom is 0.328 e. The molecule has 0 radical (unpaired) electrons. The minimum Gasteiger partial charge on any atom is -0.480 e. The third-order valence-corrected chi connectivity index (χ3v) is 2.16. The Morgan fingerprint density at radius 3 is 2.72 bits per heavy atom. The van der Waals surface area contributed by atoms with Gasteiger partial charge in [-0.05, 0) is 24.6 Å². The Bertz CT molecular complexity index is 443. The Labute approximate surface area is 104 Å². The van der Waals surface area contributed by atoms with Crippen LogP contribution in [0, 0.1) is 0 Å². The van der Waals surface area contributed by atoms with E-state index in [4.69, 9.17) is 5.11 Å². The van der Waals surface area contributed by atoms with Crippen molar-refractivity contribution in [3.63, 3.8) is 0 Å². The Balaban J connectivity index is 2.61. The van der Waals surface area contributed by atoms with E-state index in [0.29, 0.717) is 0 Å². The SMILES string of the molecule is CC(O)C(NC(=O)/C=C/c1cccnc1)C(=O)O. The Morgan fingerprint density at radius 1 is 1.50 bits per heavy atom. The molecular weight excluding hydrogens is 236 g/mol. The topological polar surface area (TPSA) is 99.5 Å². The normalized spacial score (nSPS) is 14.1. The summed E-state index contributed by atoms with van der Waals surface area (Å²) in [6.07, 6.45) is 4.69. The largest absolute Gasteiger partial charge is 0.480 e. The number of carbonyl (C=O) groups is 2. The summed E-state index contributed by atoms with van der Waals surface area (Å²) in [5.41, 5.74) is 0.719. The number of nitrogens with zero attached hydrogens (tertiary/aromatic N) is 1. The zero-order valence-corrected chi connectivity index (χ0v) is 9.78. The van der Waals surface area contributed by atoms with Crippen LogP contribution in [-0.2, 0) is 9.59 Å². The van der Waals surface area contributed by atoms with Gasteiger partial charge in [0, 0.05) is 18.5 Å². The van der Waals surface area contributed by atoms with Crippen molar-refractivity contribution in [2.75, 3.05) is 0 Å². The van der Waals surface area contributed by atoms with Gasteiger partial charge in [0.2, 0.25) is 5.91 Å². The molecule has 0 aliphatic heterocycles. The number of aliphatic carboxylic acids is 1. The van der Waals surface area contributed by atoms with Crippen molar-refractivity contribution in [3.8, 4) is 0 Å². The zero-order chi connectivity index (χ0) is 13.5. The quantitative estimate of drug-likeness (QED) is 0.641. The summed E-state index contributed by atoms with van der Waals surface area (Å²) >= 11 is 0. The van der Waals surface area contributed by atoms with Crippen molar-refractivity contribution < 1.29 is 19.8 Å². The van der Waals surface area contributed by atoms with E-state index in [9.17, 15) is 14.7 Å². The van der Waals surface area contributed by atoms with Crippen LogP contribution in [0.25, 0.3) is 6.08 Å². The van der Waals surface area contributed by atoms with Crippen LogP contribution >= 0.6 is 0 Å². The summed E-state index contributed by atoms with van der Waals surface area (Å²) in [6, 6.07) is 2.14. The number of hydrogen-bond donors (Lipinski definition) is 3. The maximum absolute atomic E-state index is 11.4. The molecule has 0 aliphatic carbocycles. The Kier molecular flexibility index (Phi) is 5.01. The second-order valence-electron chi connectivity index (χ2n) is 3.68. The van der Waals surface area contributed by atoms with E-state index in [1.54, 1.807) is 24.5 Å². The highest BCUT2D eigenvalue weighted by Gasteiger charge is 2.23. The summed E-state index contributed by atoms with van der Waals surface area (Å²) in [7, 11) is 0. The molecule has 1 heterocycles. The van der Waals surface area contributed by atoms with Crippen LogP contribution in [0.1, 0.15) is 12.5 Å². The molecule has 0 saturated heterocycles. The Morgan fingerprint density at radius 2 is 2.22 bits per heavy atom. The first kappa shape index (κ1) is 13.9. The molecular formula is C12H14N2O4. The monoisotopic (exact) mass is 250 g/mol. The highest BCUT2D eigenvalue weighted by Crippen LogP contribution is 1.99. The molecule has 18 heavy (non-hydrogen) atoms. The first-order valence-corrected chi connectivity index (χ1v) is 5.30. The number of aromatic nitrogens is 1. The molecule has 0 saturated carbocycles. The van der Waals surface area contributed by atoms with Crippen LogP contribution in [0.5, 0.6) is 0 Å². The fraction of sp³-hybridized carbons (Fsp3) is 0.250.